The Balaban J connectivity index is 1.84. The van der Waals surface area contributed by atoms with Gasteiger partial charge in [0.15, 0.2) is 0 Å². The van der Waals surface area contributed by atoms with Gasteiger partial charge in [-0.05, 0) is 71.9 Å². The number of fused-ring (bicyclic) bond motifs is 3. The molecule has 0 atom stereocenters. The maximum Gasteiger partial charge on any atom is 0.130 e. The molecule has 2 aromatic carbocycles. The smallest absolute Gasteiger partial charge is 0.130 e. The highest BCUT2D eigenvalue weighted by molar-refractivity contribution is 5.74. The van der Waals surface area contributed by atoms with Crippen LogP contribution in [0.3, 0.4) is 0 Å². The molecular formula is C25H32F2. The number of hydrogen-bond donors (Lipinski definition) is 0. The Morgan fingerprint density at radius 3 is 1.56 bits per heavy atom. The van der Waals surface area contributed by atoms with Crippen LogP contribution in [0.25, 0.3) is 11.1 Å². The lowest BCUT2D eigenvalue weighted by atomic mass is 9.82. The first-order valence-electron chi connectivity index (χ1n) is 10.8. The van der Waals surface area contributed by atoms with E-state index in [2.05, 4.69) is 13.8 Å². The Bertz CT molecular complexity index is 776. The van der Waals surface area contributed by atoms with Crippen LogP contribution < -0.4 is 0 Å². The molecule has 27 heavy (non-hydrogen) atoms. The maximum absolute atomic E-state index is 15.0. The van der Waals surface area contributed by atoms with Crippen molar-refractivity contribution < 1.29 is 8.78 Å². The van der Waals surface area contributed by atoms with Crippen LogP contribution in [-0.2, 0) is 25.7 Å². The van der Waals surface area contributed by atoms with Gasteiger partial charge in [-0.15, -0.1) is 0 Å². The summed E-state index contributed by atoms with van der Waals surface area (Å²) in [5.74, 6) is -0.111. The first-order chi connectivity index (χ1) is 13.2. The van der Waals surface area contributed by atoms with Gasteiger partial charge in [0.25, 0.3) is 0 Å². The molecule has 1 aliphatic carbocycles. The van der Waals surface area contributed by atoms with E-state index < -0.39 is 0 Å². The Morgan fingerprint density at radius 1 is 0.630 bits per heavy atom. The van der Waals surface area contributed by atoms with Gasteiger partial charge in [-0.2, -0.15) is 0 Å². The van der Waals surface area contributed by atoms with Gasteiger partial charge < -0.3 is 0 Å². The monoisotopic (exact) mass is 370 g/mol. The molecule has 0 fully saturated rings. The highest BCUT2D eigenvalue weighted by Gasteiger charge is 2.24. The molecule has 1 aliphatic rings. The van der Waals surface area contributed by atoms with Crippen LogP contribution >= 0.6 is 0 Å². The van der Waals surface area contributed by atoms with Crippen molar-refractivity contribution in [3.63, 3.8) is 0 Å². The Morgan fingerprint density at radius 2 is 1.07 bits per heavy atom. The number of rotatable bonds is 9. The van der Waals surface area contributed by atoms with E-state index in [1.165, 1.54) is 12.8 Å². The van der Waals surface area contributed by atoms with Gasteiger partial charge in [-0.1, -0.05) is 70.2 Å². The number of hydrogen-bond acceptors (Lipinski definition) is 0. The average Bonchev–Trinajstić information content (AvgIpc) is 2.68. The van der Waals surface area contributed by atoms with Gasteiger partial charge in [0.1, 0.15) is 11.6 Å². The molecule has 0 heterocycles. The lowest BCUT2D eigenvalue weighted by Gasteiger charge is -2.23. The molecular weight excluding hydrogens is 338 g/mol. The molecule has 0 spiro atoms. The summed E-state index contributed by atoms with van der Waals surface area (Å²) in [6.45, 7) is 4.35. The Labute approximate surface area is 163 Å². The quantitative estimate of drug-likeness (QED) is 0.399. The fourth-order valence-corrected chi connectivity index (χ4v) is 4.28. The highest BCUT2D eigenvalue weighted by atomic mass is 19.1. The van der Waals surface area contributed by atoms with Crippen LogP contribution in [0.5, 0.6) is 0 Å². The summed E-state index contributed by atoms with van der Waals surface area (Å²) >= 11 is 0. The molecule has 0 radical (unpaired) electrons. The summed E-state index contributed by atoms with van der Waals surface area (Å²) in [5.41, 5.74) is 5.00. The summed E-state index contributed by atoms with van der Waals surface area (Å²) in [7, 11) is 0. The minimum Gasteiger partial charge on any atom is -0.206 e. The highest BCUT2D eigenvalue weighted by Crippen LogP contribution is 2.38. The summed E-state index contributed by atoms with van der Waals surface area (Å²) in [4.78, 5) is 0. The van der Waals surface area contributed by atoms with E-state index in [4.69, 9.17) is 0 Å². The molecule has 0 aromatic heterocycles. The van der Waals surface area contributed by atoms with Crippen LogP contribution in [0.15, 0.2) is 24.3 Å². The second kappa shape index (κ2) is 9.48. The third-order valence-electron chi connectivity index (χ3n) is 5.91. The number of aryl methyl sites for hydroxylation is 2. The van der Waals surface area contributed by atoms with Crippen molar-refractivity contribution in [2.24, 2.45) is 0 Å². The minimum atomic E-state index is -0.0571. The van der Waals surface area contributed by atoms with Gasteiger partial charge in [0.05, 0.1) is 0 Å². The van der Waals surface area contributed by atoms with Gasteiger partial charge in [0, 0.05) is 0 Å². The van der Waals surface area contributed by atoms with E-state index in [0.29, 0.717) is 12.8 Å². The number of benzene rings is 2. The molecule has 0 N–H and O–H groups in total. The van der Waals surface area contributed by atoms with Crippen LogP contribution in [0, 0.1) is 11.6 Å². The van der Waals surface area contributed by atoms with Crippen molar-refractivity contribution in [1.29, 1.82) is 0 Å². The molecule has 0 amide bonds. The third-order valence-corrected chi connectivity index (χ3v) is 5.91. The minimum absolute atomic E-state index is 0.0536. The molecule has 2 heteroatoms. The zero-order valence-electron chi connectivity index (χ0n) is 16.8. The summed E-state index contributed by atoms with van der Waals surface area (Å²) in [6.07, 6.45) is 10.7. The van der Waals surface area contributed by atoms with Crippen LogP contribution in [0.4, 0.5) is 8.78 Å². The lowest BCUT2D eigenvalue weighted by Crippen LogP contribution is -2.11. The summed E-state index contributed by atoms with van der Waals surface area (Å²) < 4.78 is 30.0. The fourth-order valence-electron chi connectivity index (χ4n) is 4.28. The van der Waals surface area contributed by atoms with E-state index in [-0.39, 0.29) is 11.6 Å². The van der Waals surface area contributed by atoms with Crippen molar-refractivity contribution in [3.05, 3.63) is 58.2 Å². The molecule has 2 aromatic rings. The fraction of sp³-hybridized carbons (Fsp3) is 0.520. The van der Waals surface area contributed by atoms with Crippen molar-refractivity contribution >= 4 is 0 Å². The second-order valence-corrected chi connectivity index (χ2v) is 7.90. The maximum atomic E-state index is 15.0. The number of halogens is 2. The van der Waals surface area contributed by atoms with Crippen LogP contribution in [-0.4, -0.2) is 0 Å². The Kier molecular flexibility index (Phi) is 7.04. The molecule has 0 bridgehead atoms. The van der Waals surface area contributed by atoms with E-state index in [1.54, 1.807) is 0 Å². The zero-order valence-corrected chi connectivity index (χ0v) is 16.8. The molecule has 0 nitrogen and oxygen atoms in total. The average molecular weight is 371 g/mol. The number of unbranched alkanes of at least 4 members (excludes halogenated alkanes) is 5. The standard InChI is InChI=1S/C25H32F2/c1-3-5-7-9-11-19-13-15-21-20-14-12-18(10-8-6-4-2)24(26)22(20)16-17-23(21)25(19)27/h12-15H,3-11,16-17H2,1-2H3. The van der Waals surface area contributed by atoms with E-state index in [0.717, 1.165) is 78.3 Å². The van der Waals surface area contributed by atoms with Crippen LogP contribution in [0.2, 0.25) is 0 Å². The van der Waals surface area contributed by atoms with Gasteiger partial charge in [-0.3, -0.25) is 0 Å². The second-order valence-electron chi connectivity index (χ2n) is 7.90. The van der Waals surface area contributed by atoms with E-state index >= 15 is 8.78 Å². The van der Waals surface area contributed by atoms with Gasteiger partial charge >= 0.3 is 0 Å². The molecule has 0 unspecified atom stereocenters. The van der Waals surface area contributed by atoms with Crippen molar-refractivity contribution in [1.82, 2.24) is 0 Å². The first kappa shape index (κ1) is 20.0. The van der Waals surface area contributed by atoms with Crippen molar-refractivity contribution in [2.75, 3.05) is 0 Å². The van der Waals surface area contributed by atoms with Crippen LogP contribution in [0.1, 0.15) is 81.0 Å². The molecule has 3 rings (SSSR count). The van der Waals surface area contributed by atoms with E-state index in [1.807, 2.05) is 24.3 Å². The lowest BCUT2D eigenvalue weighted by molar-refractivity contribution is 0.566. The predicted octanol–water partition coefficient (Wildman–Crippen LogP) is 7.59. The normalized spacial score (nSPS) is 12.7. The SMILES string of the molecule is CCCCCCc1ccc2c(c1F)CCc1c-2ccc(CCCCC)c1F. The third kappa shape index (κ3) is 4.42. The largest absolute Gasteiger partial charge is 0.206 e. The van der Waals surface area contributed by atoms with Crippen molar-refractivity contribution in [2.45, 2.75) is 84.5 Å². The first-order valence-corrected chi connectivity index (χ1v) is 10.8. The van der Waals surface area contributed by atoms with Gasteiger partial charge in [-0.25, -0.2) is 8.78 Å². The topological polar surface area (TPSA) is 0 Å². The summed E-state index contributed by atoms with van der Waals surface area (Å²) in [5, 5.41) is 0. The zero-order chi connectivity index (χ0) is 19.2. The molecule has 146 valence electrons. The van der Waals surface area contributed by atoms with Gasteiger partial charge in [0.2, 0.25) is 0 Å². The summed E-state index contributed by atoms with van der Waals surface area (Å²) in [6, 6.07) is 7.86. The predicted molar refractivity (Wildman–Crippen MR) is 110 cm³/mol. The van der Waals surface area contributed by atoms with E-state index in [9.17, 15) is 0 Å². The molecule has 0 saturated carbocycles. The molecule has 0 saturated heterocycles. The molecule has 0 aliphatic heterocycles. The Hall–Kier alpha value is -1.70. The van der Waals surface area contributed by atoms with Crippen molar-refractivity contribution in [3.8, 4) is 11.1 Å².